The van der Waals surface area contributed by atoms with E-state index in [0.29, 0.717) is 28.2 Å². The summed E-state index contributed by atoms with van der Waals surface area (Å²) in [5.74, 6) is -0.800. The van der Waals surface area contributed by atoms with Crippen molar-refractivity contribution in [3.63, 3.8) is 0 Å². The summed E-state index contributed by atoms with van der Waals surface area (Å²) in [4.78, 5) is 16.1. The standard InChI is InChI=1S/C21H14ClFN4O2/c22-20-9-13(7-8-24-20)21(29)25-15-4-1-12(2-5-15)17-11-18(27-26-17)16-10-14(23)3-6-19(16)28/h1-11,28H,(H,25,29)(H,26,27). The van der Waals surface area contributed by atoms with Gasteiger partial charge in [0, 0.05) is 28.6 Å². The van der Waals surface area contributed by atoms with Crippen molar-refractivity contribution in [2.24, 2.45) is 0 Å². The van der Waals surface area contributed by atoms with E-state index in [1.165, 1.54) is 30.5 Å². The summed E-state index contributed by atoms with van der Waals surface area (Å²) >= 11 is 5.81. The van der Waals surface area contributed by atoms with E-state index in [9.17, 15) is 14.3 Å². The molecule has 0 aliphatic heterocycles. The second kappa shape index (κ2) is 7.73. The number of nitrogens with zero attached hydrogens (tertiary/aromatic N) is 2. The summed E-state index contributed by atoms with van der Waals surface area (Å²) in [5.41, 5.74) is 3.22. The van der Waals surface area contributed by atoms with Gasteiger partial charge in [0.25, 0.3) is 5.91 Å². The summed E-state index contributed by atoms with van der Waals surface area (Å²) in [6, 6.07) is 15.5. The molecule has 3 N–H and O–H groups in total. The van der Waals surface area contributed by atoms with E-state index in [4.69, 9.17) is 11.6 Å². The molecular formula is C21H14ClFN4O2. The first-order valence-electron chi connectivity index (χ1n) is 8.57. The Balaban J connectivity index is 1.52. The van der Waals surface area contributed by atoms with Crippen molar-refractivity contribution < 1.29 is 14.3 Å². The van der Waals surface area contributed by atoms with Gasteiger partial charge in [-0.1, -0.05) is 23.7 Å². The highest BCUT2D eigenvalue weighted by Gasteiger charge is 2.11. The number of nitrogens with one attached hydrogen (secondary N) is 2. The van der Waals surface area contributed by atoms with Gasteiger partial charge in [-0.05, 0) is 48.5 Å². The highest BCUT2D eigenvalue weighted by Crippen LogP contribution is 2.31. The van der Waals surface area contributed by atoms with Crippen LogP contribution in [0.1, 0.15) is 10.4 Å². The third-order valence-corrected chi connectivity index (χ3v) is 4.46. The maximum Gasteiger partial charge on any atom is 0.255 e. The number of aromatic amines is 1. The lowest BCUT2D eigenvalue weighted by atomic mass is 10.1. The normalized spacial score (nSPS) is 10.7. The number of rotatable bonds is 4. The molecule has 0 saturated carbocycles. The number of pyridine rings is 1. The highest BCUT2D eigenvalue weighted by molar-refractivity contribution is 6.29. The van der Waals surface area contributed by atoms with Crippen LogP contribution in [0.2, 0.25) is 5.15 Å². The molecule has 0 aliphatic rings. The van der Waals surface area contributed by atoms with Crippen molar-refractivity contribution in [2.75, 3.05) is 5.32 Å². The third-order valence-electron chi connectivity index (χ3n) is 4.25. The molecule has 0 aliphatic carbocycles. The topological polar surface area (TPSA) is 90.9 Å². The fourth-order valence-corrected chi connectivity index (χ4v) is 2.98. The van der Waals surface area contributed by atoms with Crippen LogP contribution in [-0.2, 0) is 0 Å². The Labute approximate surface area is 170 Å². The van der Waals surface area contributed by atoms with Crippen molar-refractivity contribution in [1.82, 2.24) is 15.2 Å². The average molecular weight is 409 g/mol. The van der Waals surface area contributed by atoms with E-state index in [1.807, 2.05) is 0 Å². The van der Waals surface area contributed by atoms with Crippen LogP contribution in [0.15, 0.2) is 66.9 Å². The van der Waals surface area contributed by atoms with Crippen LogP contribution in [0.4, 0.5) is 10.1 Å². The number of phenols is 1. The quantitative estimate of drug-likeness (QED) is 0.419. The molecule has 2 aromatic carbocycles. The minimum atomic E-state index is -0.454. The van der Waals surface area contributed by atoms with Crippen LogP contribution in [0.25, 0.3) is 22.5 Å². The Bertz CT molecular complexity index is 1190. The average Bonchev–Trinajstić information content (AvgIpc) is 3.20. The van der Waals surface area contributed by atoms with Crippen molar-refractivity contribution in [2.45, 2.75) is 0 Å². The lowest BCUT2D eigenvalue weighted by Crippen LogP contribution is -2.11. The first-order valence-corrected chi connectivity index (χ1v) is 8.95. The number of carbonyl (C=O) groups is 1. The molecule has 2 heterocycles. The predicted molar refractivity (Wildman–Crippen MR) is 108 cm³/mol. The zero-order valence-corrected chi connectivity index (χ0v) is 15.6. The molecule has 144 valence electrons. The molecule has 0 fully saturated rings. The lowest BCUT2D eigenvalue weighted by molar-refractivity contribution is 0.102. The minimum absolute atomic E-state index is 0.0455. The molecule has 4 rings (SSSR count). The van der Waals surface area contributed by atoms with Crippen LogP contribution >= 0.6 is 11.6 Å². The lowest BCUT2D eigenvalue weighted by Gasteiger charge is -2.06. The number of carbonyl (C=O) groups excluding carboxylic acids is 1. The number of hydrogen-bond donors (Lipinski definition) is 3. The molecule has 0 atom stereocenters. The maximum absolute atomic E-state index is 13.5. The van der Waals surface area contributed by atoms with Crippen molar-refractivity contribution in [1.29, 1.82) is 0 Å². The second-order valence-corrected chi connectivity index (χ2v) is 6.61. The zero-order valence-electron chi connectivity index (χ0n) is 14.9. The Hall–Kier alpha value is -3.71. The molecule has 0 radical (unpaired) electrons. The summed E-state index contributed by atoms with van der Waals surface area (Å²) in [7, 11) is 0. The van der Waals surface area contributed by atoms with Gasteiger partial charge in [0.15, 0.2) is 0 Å². The highest BCUT2D eigenvalue weighted by atomic mass is 35.5. The van der Waals surface area contributed by atoms with Gasteiger partial charge in [0.05, 0.1) is 11.4 Å². The fraction of sp³-hybridized carbons (Fsp3) is 0. The first-order chi connectivity index (χ1) is 14.0. The SMILES string of the molecule is O=C(Nc1ccc(-c2cc(-c3cc(F)ccc3O)[nH]n2)cc1)c1ccnc(Cl)c1. The third kappa shape index (κ3) is 4.09. The van der Waals surface area contributed by atoms with Gasteiger partial charge < -0.3 is 10.4 Å². The Morgan fingerprint density at radius 2 is 1.86 bits per heavy atom. The number of benzene rings is 2. The molecule has 0 unspecified atom stereocenters. The monoisotopic (exact) mass is 408 g/mol. The molecule has 2 aromatic heterocycles. The van der Waals surface area contributed by atoms with E-state index in [1.54, 1.807) is 36.4 Å². The van der Waals surface area contributed by atoms with Crippen LogP contribution in [0, 0.1) is 5.82 Å². The minimum Gasteiger partial charge on any atom is -0.507 e. The number of H-pyrrole nitrogens is 1. The molecule has 8 heteroatoms. The van der Waals surface area contributed by atoms with E-state index in [2.05, 4.69) is 20.5 Å². The molecular weight excluding hydrogens is 395 g/mol. The summed E-state index contributed by atoms with van der Waals surface area (Å²) in [5, 5.41) is 20.0. The van der Waals surface area contributed by atoms with Gasteiger partial charge in [0.1, 0.15) is 16.7 Å². The van der Waals surface area contributed by atoms with Gasteiger partial charge in [-0.15, -0.1) is 0 Å². The van der Waals surface area contributed by atoms with E-state index in [0.717, 1.165) is 5.56 Å². The van der Waals surface area contributed by atoms with E-state index >= 15 is 0 Å². The molecule has 1 amide bonds. The molecule has 6 nitrogen and oxygen atoms in total. The van der Waals surface area contributed by atoms with Crippen molar-refractivity contribution >= 4 is 23.2 Å². The Morgan fingerprint density at radius 3 is 2.62 bits per heavy atom. The van der Waals surface area contributed by atoms with Crippen LogP contribution in [0.3, 0.4) is 0 Å². The number of aromatic nitrogens is 3. The van der Waals surface area contributed by atoms with Crippen LogP contribution in [-0.4, -0.2) is 26.2 Å². The van der Waals surface area contributed by atoms with Crippen LogP contribution < -0.4 is 5.32 Å². The summed E-state index contributed by atoms with van der Waals surface area (Å²) < 4.78 is 13.5. The van der Waals surface area contributed by atoms with Gasteiger partial charge in [0.2, 0.25) is 0 Å². The number of phenolic OH excluding ortho intramolecular Hbond substituents is 1. The van der Waals surface area contributed by atoms with Crippen molar-refractivity contribution in [3.05, 3.63) is 83.4 Å². The number of halogens is 2. The van der Waals surface area contributed by atoms with Crippen LogP contribution in [0.5, 0.6) is 5.75 Å². The predicted octanol–water partition coefficient (Wildman–Crippen LogP) is 4.89. The molecule has 4 aromatic rings. The Morgan fingerprint density at radius 1 is 1.07 bits per heavy atom. The summed E-state index contributed by atoms with van der Waals surface area (Å²) in [6.07, 6.45) is 1.46. The number of amides is 1. The number of anilines is 1. The largest absolute Gasteiger partial charge is 0.507 e. The smallest absolute Gasteiger partial charge is 0.255 e. The molecule has 29 heavy (non-hydrogen) atoms. The van der Waals surface area contributed by atoms with Crippen molar-refractivity contribution in [3.8, 4) is 28.3 Å². The van der Waals surface area contributed by atoms with Gasteiger partial charge in [-0.3, -0.25) is 9.89 Å². The first kappa shape index (κ1) is 18.6. The van der Waals surface area contributed by atoms with E-state index < -0.39 is 5.82 Å². The van der Waals surface area contributed by atoms with E-state index in [-0.39, 0.29) is 16.8 Å². The second-order valence-electron chi connectivity index (χ2n) is 6.23. The summed E-state index contributed by atoms with van der Waals surface area (Å²) in [6.45, 7) is 0. The van der Waals surface area contributed by atoms with Gasteiger partial charge in [-0.25, -0.2) is 9.37 Å². The molecule has 0 spiro atoms. The van der Waals surface area contributed by atoms with Gasteiger partial charge >= 0.3 is 0 Å². The Kier molecular flexibility index (Phi) is 4.97. The van der Waals surface area contributed by atoms with Gasteiger partial charge in [-0.2, -0.15) is 5.10 Å². The maximum atomic E-state index is 13.5. The number of hydrogen-bond acceptors (Lipinski definition) is 4. The fourth-order valence-electron chi connectivity index (χ4n) is 2.80. The molecule has 0 saturated heterocycles. The molecule has 0 bridgehead atoms. The number of aromatic hydroxyl groups is 1. The zero-order chi connectivity index (χ0) is 20.4.